The summed E-state index contributed by atoms with van der Waals surface area (Å²) in [5.74, 6) is 0. The lowest BCUT2D eigenvalue weighted by molar-refractivity contribution is 0.377. The second-order valence-electron chi connectivity index (χ2n) is 5.79. The smallest absolute Gasteiger partial charge is 0.0179 e. The Morgan fingerprint density at radius 1 is 1.21 bits per heavy atom. The van der Waals surface area contributed by atoms with E-state index in [4.69, 9.17) is 0 Å². The van der Waals surface area contributed by atoms with Gasteiger partial charge in [0.25, 0.3) is 0 Å². The molecule has 0 aromatic heterocycles. The zero-order valence-electron chi connectivity index (χ0n) is 12.1. The van der Waals surface area contributed by atoms with Crippen LogP contribution in [-0.4, -0.2) is 0 Å². The minimum absolute atomic E-state index is 0.306. The minimum atomic E-state index is 0.306. The molecule has 0 radical (unpaired) electrons. The molecule has 0 aliphatic heterocycles. The summed E-state index contributed by atoms with van der Waals surface area (Å²) in [6.45, 7) is 6.94. The Morgan fingerprint density at radius 3 is 2.63 bits per heavy atom. The molecule has 0 unspecified atom stereocenters. The maximum atomic E-state index is 3.34. The normalized spacial score (nSPS) is 17.8. The highest BCUT2D eigenvalue weighted by atomic mass is 32.2. The van der Waals surface area contributed by atoms with Crippen LogP contribution in [0.4, 0.5) is 0 Å². The molecule has 1 heteroatoms. The van der Waals surface area contributed by atoms with E-state index in [1.807, 2.05) is 6.07 Å². The second-order valence-corrected chi connectivity index (χ2v) is 6.73. The molecule has 1 aromatic rings. The summed E-state index contributed by atoms with van der Waals surface area (Å²) in [5.41, 5.74) is 6.66. The average molecular weight is 270 g/mol. The van der Waals surface area contributed by atoms with Gasteiger partial charge in [-0.15, -0.1) is 5.73 Å². The standard InChI is InChI=1S/C18H22S/c1-15-9-7-13-18(2,3)17(15)12-8-14-19-16-10-5-4-6-11-16/h4-6,10-12,14H,7,9,13H2,1-3H3. The zero-order valence-corrected chi connectivity index (χ0v) is 12.9. The van der Waals surface area contributed by atoms with E-state index in [0.29, 0.717) is 5.41 Å². The highest BCUT2D eigenvalue weighted by molar-refractivity contribution is 8.02. The van der Waals surface area contributed by atoms with Crippen molar-refractivity contribution in [2.75, 3.05) is 0 Å². The van der Waals surface area contributed by atoms with Crippen LogP contribution in [0, 0.1) is 5.41 Å². The van der Waals surface area contributed by atoms with Gasteiger partial charge in [0.1, 0.15) is 0 Å². The summed E-state index contributed by atoms with van der Waals surface area (Å²) >= 11 is 1.72. The molecule has 0 saturated heterocycles. The Kier molecular flexibility index (Phi) is 4.74. The Morgan fingerprint density at radius 2 is 1.95 bits per heavy atom. The summed E-state index contributed by atoms with van der Waals surface area (Å²) in [6, 6.07) is 10.4. The fraction of sp³-hybridized carbons (Fsp3) is 0.389. The van der Waals surface area contributed by atoms with E-state index in [0.717, 1.165) is 0 Å². The van der Waals surface area contributed by atoms with Crippen LogP contribution in [0.5, 0.6) is 0 Å². The van der Waals surface area contributed by atoms with Gasteiger partial charge in [-0.2, -0.15) is 0 Å². The van der Waals surface area contributed by atoms with Crippen molar-refractivity contribution in [3.8, 4) is 0 Å². The average Bonchev–Trinajstić information content (AvgIpc) is 2.38. The van der Waals surface area contributed by atoms with Gasteiger partial charge < -0.3 is 0 Å². The molecule has 19 heavy (non-hydrogen) atoms. The number of rotatable bonds is 3. The van der Waals surface area contributed by atoms with Crippen molar-refractivity contribution in [1.29, 1.82) is 0 Å². The molecule has 1 aliphatic rings. The number of thioether (sulfide) groups is 1. The van der Waals surface area contributed by atoms with E-state index in [2.05, 4.69) is 62.3 Å². The van der Waals surface area contributed by atoms with Gasteiger partial charge in [0.2, 0.25) is 0 Å². The molecule has 0 atom stereocenters. The van der Waals surface area contributed by atoms with Gasteiger partial charge in [-0.3, -0.25) is 0 Å². The van der Waals surface area contributed by atoms with Gasteiger partial charge in [-0.1, -0.05) is 49.4 Å². The fourth-order valence-corrected chi connectivity index (χ4v) is 3.27. The van der Waals surface area contributed by atoms with Crippen LogP contribution >= 0.6 is 11.8 Å². The quantitative estimate of drug-likeness (QED) is 0.481. The first-order valence-electron chi connectivity index (χ1n) is 6.92. The van der Waals surface area contributed by atoms with E-state index in [1.54, 1.807) is 11.8 Å². The van der Waals surface area contributed by atoms with E-state index in [9.17, 15) is 0 Å². The van der Waals surface area contributed by atoms with Gasteiger partial charge in [0.05, 0.1) is 0 Å². The number of hydrogen-bond donors (Lipinski definition) is 0. The Balaban J connectivity index is 2.09. The van der Waals surface area contributed by atoms with Crippen LogP contribution in [-0.2, 0) is 0 Å². The van der Waals surface area contributed by atoms with Gasteiger partial charge >= 0.3 is 0 Å². The largest absolute Gasteiger partial charge is 0.113 e. The molecular weight excluding hydrogens is 248 g/mol. The summed E-state index contributed by atoms with van der Waals surface area (Å²) in [5, 5.41) is 2.06. The third kappa shape index (κ3) is 3.89. The van der Waals surface area contributed by atoms with Crippen molar-refractivity contribution in [3.05, 3.63) is 58.7 Å². The topological polar surface area (TPSA) is 0 Å². The lowest BCUT2D eigenvalue weighted by atomic mass is 9.73. The van der Waals surface area contributed by atoms with E-state index in [-0.39, 0.29) is 0 Å². The molecule has 1 aromatic carbocycles. The van der Waals surface area contributed by atoms with Gasteiger partial charge in [0.15, 0.2) is 0 Å². The number of benzene rings is 1. The summed E-state index contributed by atoms with van der Waals surface area (Å²) in [4.78, 5) is 1.26. The van der Waals surface area contributed by atoms with Crippen molar-refractivity contribution in [1.82, 2.24) is 0 Å². The first kappa shape index (κ1) is 14.2. The van der Waals surface area contributed by atoms with Crippen LogP contribution in [0.25, 0.3) is 0 Å². The minimum Gasteiger partial charge on any atom is -0.113 e. The maximum absolute atomic E-state index is 3.34. The first-order chi connectivity index (χ1) is 9.09. The molecule has 0 bridgehead atoms. The molecule has 0 fully saturated rings. The van der Waals surface area contributed by atoms with Crippen molar-refractivity contribution in [2.45, 2.75) is 44.9 Å². The zero-order chi connectivity index (χ0) is 13.7. The fourth-order valence-electron chi connectivity index (χ4n) is 2.68. The predicted molar refractivity (Wildman–Crippen MR) is 85.3 cm³/mol. The van der Waals surface area contributed by atoms with Gasteiger partial charge in [-0.25, -0.2) is 0 Å². The van der Waals surface area contributed by atoms with Crippen molar-refractivity contribution in [3.63, 3.8) is 0 Å². The second kappa shape index (κ2) is 6.32. The van der Waals surface area contributed by atoms with Crippen molar-refractivity contribution in [2.24, 2.45) is 5.41 Å². The summed E-state index contributed by atoms with van der Waals surface area (Å²) < 4.78 is 0. The predicted octanol–water partition coefficient (Wildman–Crippen LogP) is 5.97. The Bertz CT molecular complexity index is 514. The highest BCUT2D eigenvalue weighted by Crippen LogP contribution is 2.40. The summed E-state index contributed by atoms with van der Waals surface area (Å²) in [7, 11) is 0. The Hall–Kier alpha value is -1.17. The monoisotopic (exact) mass is 270 g/mol. The third-order valence-corrected chi connectivity index (χ3v) is 4.57. The molecule has 0 saturated carbocycles. The van der Waals surface area contributed by atoms with Gasteiger partial charge in [0, 0.05) is 10.3 Å². The Labute approximate surface area is 121 Å². The number of hydrogen-bond acceptors (Lipinski definition) is 1. The molecule has 0 amide bonds. The molecule has 0 nitrogen and oxygen atoms in total. The SMILES string of the molecule is CC1=C(C=C=CSc2ccccc2)C(C)(C)CCC1. The lowest BCUT2D eigenvalue weighted by Crippen LogP contribution is -2.18. The molecule has 0 spiro atoms. The molecule has 0 N–H and O–H groups in total. The molecule has 1 aliphatic carbocycles. The molecule has 100 valence electrons. The molecule has 2 rings (SSSR count). The highest BCUT2D eigenvalue weighted by Gasteiger charge is 2.26. The molecular formula is C18H22S. The molecule has 0 heterocycles. The van der Waals surface area contributed by atoms with Crippen LogP contribution in [0.1, 0.15) is 40.0 Å². The van der Waals surface area contributed by atoms with Crippen LogP contribution in [0.2, 0.25) is 0 Å². The van der Waals surface area contributed by atoms with E-state index in [1.165, 1.54) is 35.3 Å². The van der Waals surface area contributed by atoms with Crippen molar-refractivity contribution >= 4 is 11.8 Å². The van der Waals surface area contributed by atoms with Crippen LogP contribution in [0.3, 0.4) is 0 Å². The third-order valence-electron chi connectivity index (χ3n) is 3.78. The van der Waals surface area contributed by atoms with Gasteiger partial charge in [-0.05, 0) is 55.4 Å². The first-order valence-corrected chi connectivity index (χ1v) is 7.80. The van der Waals surface area contributed by atoms with Crippen molar-refractivity contribution < 1.29 is 0 Å². The number of allylic oxidation sites excluding steroid dienone is 3. The lowest BCUT2D eigenvalue weighted by Gasteiger charge is -2.32. The van der Waals surface area contributed by atoms with Crippen LogP contribution < -0.4 is 0 Å². The van der Waals surface area contributed by atoms with Crippen LogP contribution in [0.15, 0.2) is 63.6 Å². The maximum Gasteiger partial charge on any atom is 0.0179 e. The summed E-state index contributed by atoms with van der Waals surface area (Å²) in [6.07, 6.45) is 6.02. The van der Waals surface area contributed by atoms with E-state index < -0.39 is 0 Å². The van der Waals surface area contributed by atoms with E-state index >= 15 is 0 Å².